The Morgan fingerprint density at radius 3 is 2.48 bits per heavy atom. The van der Waals surface area contributed by atoms with Crippen LogP contribution in [0.15, 0.2) is 54.6 Å². The Hall–Kier alpha value is -2.37. The number of ether oxygens (including phenoxy) is 1. The van der Waals surface area contributed by atoms with Crippen LogP contribution in [0, 0.1) is 0 Å². The lowest BCUT2D eigenvalue weighted by molar-refractivity contribution is 0.0384. The van der Waals surface area contributed by atoms with E-state index in [9.17, 15) is 4.79 Å². The molecule has 1 unspecified atom stereocenters. The maximum Gasteiger partial charge on any atom is 0.318 e. The molecule has 5 heteroatoms. The molecule has 1 N–H and O–H groups in total. The average molecular weight is 365 g/mol. The summed E-state index contributed by atoms with van der Waals surface area (Å²) in [5, 5.41) is 3.13. The van der Waals surface area contributed by atoms with Crippen molar-refractivity contribution in [2.45, 2.75) is 19.0 Å². The van der Waals surface area contributed by atoms with Crippen LogP contribution in [0.2, 0.25) is 0 Å². The van der Waals surface area contributed by atoms with Crippen molar-refractivity contribution in [3.8, 4) is 0 Å². The van der Waals surface area contributed by atoms with Gasteiger partial charge in [-0.3, -0.25) is 4.90 Å². The van der Waals surface area contributed by atoms with Gasteiger partial charge in [0.25, 0.3) is 0 Å². The predicted molar refractivity (Wildman–Crippen MR) is 106 cm³/mol. The van der Waals surface area contributed by atoms with Crippen molar-refractivity contribution in [1.29, 1.82) is 0 Å². The normalized spacial score (nSPS) is 20.1. The Morgan fingerprint density at radius 2 is 1.70 bits per heavy atom. The van der Waals surface area contributed by atoms with E-state index in [4.69, 9.17) is 4.74 Å². The van der Waals surface area contributed by atoms with Gasteiger partial charge in [0.05, 0.1) is 19.3 Å². The highest BCUT2D eigenvalue weighted by atomic mass is 16.5. The van der Waals surface area contributed by atoms with Gasteiger partial charge in [0.2, 0.25) is 0 Å². The fourth-order valence-electron chi connectivity index (χ4n) is 3.96. The summed E-state index contributed by atoms with van der Waals surface area (Å²) in [5.74, 6) is 0. The number of hydrogen-bond acceptors (Lipinski definition) is 3. The second-order valence-corrected chi connectivity index (χ2v) is 7.21. The molecule has 2 aromatic rings. The van der Waals surface area contributed by atoms with Crippen molar-refractivity contribution in [1.82, 2.24) is 15.1 Å². The van der Waals surface area contributed by atoms with E-state index in [2.05, 4.69) is 46.6 Å². The van der Waals surface area contributed by atoms with Crippen LogP contribution in [0.1, 0.15) is 22.7 Å². The maximum absolute atomic E-state index is 13.0. The molecule has 2 heterocycles. The van der Waals surface area contributed by atoms with Crippen LogP contribution in [0.25, 0.3) is 0 Å². The molecule has 0 aliphatic carbocycles. The Labute approximate surface area is 160 Å². The summed E-state index contributed by atoms with van der Waals surface area (Å²) in [6.07, 6.45) is 0.858. The van der Waals surface area contributed by atoms with Gasteiger partial charge in [-0.05, 0) is 23.1 Å². The minimum Gasteiger partial charge on any atom is -0.379 e. The van der Waals surface area contributed by atoms with Crippen molar-refractivity contribution in [2.75, 3.05) is 39.4 Å². The fraction of sp³-hybridized carbons (Fsp3) is 0.409. The molecule has 0 saturated carbocycles. The molecule has 2 amide bonds. The van der Waals surface area contributed by atoms with E-state index in [0.717, 1.165) is 39.3 Å². The van der Waals surface area contributed by atoms with Gasteiger partial charge >= 0.3 is 6.03 Å². The van der Waals surface area contributed by atoms with Crippen LogP contribution >= 0.6 is 0 Å². The molecule has 2 aromatic carbocycles. The number of rotatable bonds is 4. The fourth-order valence-corrected chi connectivity index (χ4v) is 3.96. The average Bonchev–Trinajstić information content (AvgIpc) is 2.74. The predicted octanol–water partition coefficient (Wildman–Crippen LogP) is 2.83. The number of carbonyl (C=O) groups excluding carboxylic acids is 1. The minimum atomic E-state index is 0.0200. The number of fused-ring (bicyclic) bond motifs is 1. The molecule has 142 valence electrons. The Balaban J connectivity index is 1.45. The second kappa shape index (κ2) is 8.55. The number of benzene rings is 2. The third kappa shape index (κ3) is 4.31. The third-order valence-corrected chi connectivity index (χ3v) is 5.50. The quantitative estimate of drug-likeness (QED) is 0.906. The largest absolute Gasteiger partial charge is 0.379 e. The standard InChI is InChI=1S/C22H27N3O2/c26-22(23-10-11-24-12-14-27-15-13-24)25-17-20-9-5-4-8-19(20)16-21(25)18-6-2-1-3-7-18/h1-9,21H,10-17H2,(H,23,26). The smallest absolute Gasteiger partial charge is 0.318 e. The Morgan fingerprint density at radius 1 is 1.00 bits per heavy atom. The summed E-state index contributed by atoms with van der Waals surface area (Å²) in [7, 11) is 0. The van der Waals surface area contributed by atoms with E-state index in [0.29, 0.717) is 13.1 Å². The molecule has 27 heavy (non-hydrogen) atoms. The van der Waals surface area contributed by atoms with Crippen LogP contribution in [0.5, 0.6) is 0 Å². The number of urea groups is 1. The van der Waals surface area contributed by atoms with E-state index in [1.54, 1.807) is 0 Å². The molecule has 0 aromatic heterocycles. The zero-order chi connectivity index (χ0) is 18.5. The first-order valence-electron chi connectivity index (χ1n) is 9.77. The van der Waals surface area contributed by atoms with Gasteiger partial charge in [0.15, 0.2) is 0 Å². The van der Waals surface area contributed by atoms with E-state index in [-0.39, 0.29) is 12.1 Å². The highest BCUT2D eigenvalue weighted by Crippen LogP contribution is 2.33. The third-order valence-electron chi connectivity index (χ3n) is 5.50. The molecule has 0 spiro atoms. The lowest BCUT2D eigenvalue weighted by Crippen LogP contribution is -2.47. The van der Waals surface area contributed by atoms with Crippen LogP contribution in [0.4, 0.5) is 4.79 Å². The molecule has 2 aliphatic heterocycles. The molecule has 1 atom stereocenters. The SMILES string of the molecule is O=C(NCCN1CCOCC1)N1Cc2ccccc2CC1c1ccccc1. The lowest BCUT2D eigenvalue weighted by Gasteiger charge is -2.37. The van der Waals surface area contributed by atoms with Crippen molar-refractivity contribution < 1.29 is 9.53 Å². The first-order valence-corrected chi connectivity index (χ1v) is 9.77. The first-order chi connectivity index (χ1) is 13.3. The number of carbonyl (C=O) groups is 1. The topological polar surface area (TPSA) is 44.8 Å². The summed E-state index contributed by atoms with van der Waals surface area (Å²) in [6.45, 7) is 5.65. The van der Waals surface area contributed by atoms with E-state index in [1.807, 2.05) is 23.1 Å². The van der Waals surface area contributed by atoms with Gasteiger partial charge in [-0.1, -0.05) is 54.6 Å². The molecular weight excluding hydrogens is 338 g/mol. The molecule has 1 fully saturated rings. The number of nitrogens with zero attached hydrogens (tertiary/aromatic N) is 2. The van der Waals surface area contributed by atoms with Gasteiger partial charge in [0.1, 0.15) is 0 Å². The van der Waals surface area contributed by atoms with Crippen molar-refractivity contribution in [2.24, 2.45) is 0 Å². The van der Waals surface area contributed by atoms with Crippen LogP contribution < -0.4 is 5.32 Å². The van der Waals surface area contributed by atoms with Gasteiger partial charge in [-0.25, -0.2) is 4.79 Å². The number of hydrogen-bond donors (Lipinski definition) is 1. The van der Waals surface area contributed by atoms with Crippen molar-refractivity contribution in [3.63, 3.8) is 0 Å². The molecule has 5 nitrogen and oxygen atoms in total. The lowest BCUT2D eigenvalue weighted by atomic mass is 9.90. The summed E-state index contributed by atoms with van der Waals surface area (Å²) in [4.78, 5) is 17.3. The Bertz CT molecular complexity index is 759. The highest BCUT2D eigenvalue weighted by molar-refractivity contribution is 5.75. The monoisotopic (exact) mass is 365 g/mol. The van der Waals surface area contributed by atoms with Gasteiger partial charge in [-0.2, -0.15) is 0 Å². The second-order valence-electron chi connectivity index (χ2n) is 7.21. The Kier molecular flexibility index (Phi) is 5.70. The summed E-state index contributed by atoms with van der Waals surface area (Å²) >= 11 is 0. The highest BCUT2D eigenvalue weighted by Gasteiger charge is 2.30. The maximum atomic E-state index is 13.0. The molecule has 0 radical (unpaired) electrons. The number of morpholine rings is 1. The number of amides is 2. The summed E-state index contributed by atoms with van der Waals surface area (Å²) in [6, 6.07) is 18.9. The summed E-state index contributed by atoms with van der Waals surface area (Å²) < 4.78 is 5.38. The van der Waals surface area contributed by atoms with E-state index in [1.165, 1.54) is 16.7 Å². The zero-order valence-corrected chi connectivity index (χ0v) is 15.6. The van der Waals surface area contributed by atoms with Crippen molar-refractivity contribution >= 4 is 6.03 Å². The van der Waals surface area contributed by atoms with Gasteiger partial charge < -0.3 is 15.0 Å². The zero-order valence-electron chi connectivity index (χ0n) is 15.6. The van der Waals surface area contributed by atoms with Crippen molar-refractivity contribution in [3.05, 3.63) is 71.3 Å². The van der Waals surface area contributed by atoms with E-state index < -0.39 is 0 Å². The molecule has 0 bridgehead atoms. The minimum absolute atomic E-state index is 0.0200. The van der Waals surface area contributed by atoms with Crippen LogP contribution in [0.3, 0.4) is 0 Å². The first kappa shape index (κ1) is 18.0. The molecule has 4 rings (SSSR count). The summed E-state index contributed by atoms with van der Waals surface area (Å²) in [5.41, 5.74) is 3.77. The molecule has 2 aliphatic rings. The van der Waals surface area contributed by atoms with Crippen LogP contribution in [-0.4, -0.2) is 55.2 Å². The number of nitrogens with one attached hydrogen (secondary N) is 1. The molecular formula is C22H27N3O2. The molecule has 1 saturated heterocycles. The van der Waals surface area contributed by atoms with Crippen LogP contribution in [-0.2, 0) is 17.7 Å². The van der Waals surface area contributed by atoms with Gasteiger partial charge in [0, 0.05) is 32.7 Å². The van der Waals surface area contributed by atoms with Gasteiger partial charge in [-0.15, -0.1) is 0 Å². The van der Waals surface area contributed by atoms with E-state index >= 15 is 0 Å².